The number of aromatic carboxylic acids is 1. The molecule has 0 aliphatic heterocycles. The van der Waals surface area contributed by atoms with E-state index < -0.39 is 17.4 Å². The van der Waals surface area contributed by atoms with E-state index in [2.05, 4.69) is 10.2 Å². The van der Waals surface area contributed by atoms with E-state index in [9.17, 15) is 19.5 Å². The second kappa shape index (κ2) is 9.50. The van der Waals surface area contributed by atoms with Crippen LogP contribution in [0.25, 0.3) is 11.3 Å². The van der Waals surface area contributed by atoms with Gasteiger partial charge in [0.1, 0.15) is 11.5 Å². The zero-order chi connectivity index (χ0) is 24.2. The summed E-state index contributed by atoms with van der Waals surface area (Å²) in [6.45, 7) is 4.09. The van der Waals surface area contributed by atoms with Crippen LogP contribution >= 0.6 is 0 Å². The number of carbonyl (C=O) groups is 2. The highest BCUT2D eigenvalue weighted by molar-refractivity contribution is 6.00. The van der Waals surface area contributed by atoms with E-state index in [-0.39, 0.29) is 22.8 Å². The van der Waals surface area contributed by atoms with Crippen molar-refractivity contribution in [3.63, 3.8) is 0 Å². The van der Waals surface area contributed by atoms with E-state index in [1.165, 1.54) is 36.5 Å². The third-order valence-corrected chi connectivity index (χ3v) is 5.15. The Labute approximate surface area is 195 Å². The fourth-order valence-corrected chi connectivity index (χ4v) is 3.27. The fraction of sp³-hybridized carbons (Fsp3) is 0.115. The summed E-state index contributed by atoms with van der Waals surface area (Å²) in [5, 5.41) is 17.9. The lowest BCUT2D eigenvalue weighted by Gasteiger charge is -2.13. The molecule has 2 aromatic heterocycles. The molecular weight excluding hydrogens is 434 g/mol. The molecule has 8 heteroatoms. The smallest absolute Gasteiger partial charge is 0.335 e. The van der Waals surface area contributed by atoms with Crippen molar-refractivity contribution in [2.24, 2.45) is 0 Å². The maximum Gasteiger partial charge on any atom is 0.335 e. The molecule has 0 saturated heterocycles. The highest BCUT2D eigenvalue weighted by atomic mass is 16.5. The number of rotatable bonds is 6. The molecule has 0 spiro atoms. The van der Waals surface area contributed by atoms with E-state index in [1.54, 1.807) is 30.3 Å². The first kappa shape index (κ1) is 22.6. The number of carboxylic acid groups (broad SMARTS) is 1. The van der Waals surface area contributed by atoms with Crippen LogP contribution in [0.5, 0.6) is 11.5 Å². The van der Waals surface area contributed by atoms with Crippen LogP contribution in [0.4, 0.5) is 0 Å². The maximum atomic E-state index is 13.0. The number of hydrogen-bond acceptors (Lipinski definition) is 6. The Balaban J connectivity index is 1.65. The molecule has 8 nitrogen and oxygen atoms in total. The second-order valence-electron chi connectivity index (χ2n) is 7.85. The number of benzene rings is 2. The number of hydrogen-bond donors (Lipinski definition) is 1. The summed E-state index contributed by atoms with van der Waals surface area (Å²) in [6, 6.07) is 19.0. The van der Waals surface area contributed by atoms with Gasteiger partial charge in [0.05, 0.1) is 22.5 Å². The molecule has 1 N–H and O–H groups in total. The Morgan fingerprint density at radius 2 is 1.71 bits per heavy atom. The summed E-state index contributed by atoms with van der Waals surface area (Å²) in [5.74, 6) is -1.11. The molecule has 0 aliphatic rings. The molecule has 2 heterocycles. The molecular formula is C26H21N3O5. The van der Waals surface area contributed by atoms with Crippen molar-refractivity contribution in [3.05, 3.63) is 106 Å². The van der Waals surface area contributed by atoms with E-state index in [1.807, 2.05) is 26.0 Å². The number of aromatic nitrogens is 3. The van der Waals surface area contributed by atoms with Crippen molar-refractivity contribution in [2.45, 2.75) is 19.8 Å². The summed E-state index contributed by atoms with van der Waals surface area (Å²) in [4.78, 5) is 36.6. The predicted octanol–water partition coefficient (Wildman–Crippen LogP) is 4.61. The van der Waals surface area contributed by atoms with Crippen LogP contribution in [0.1, 0.15) is 46.2 Å². The minimum atomic E-state index is -1.17. The molecule has 4 rings (SSSR count). The van der Waals surface area contributed by atoms with Gasteiger partial charge >= 0.3 is 5.97 Å². The lowest BCUT2D eigenvalue weighted by Crippen LogP contribution is -2.26. The van der Waals surface area contributed by atoms with E-state index >= 15 is 0 Å². The van der Waals surface area contributed by atoms with Gasteiger partial charge in [0, 0.05) is 17.8 Å². The van der Waals surface area contributed by atoms with E-state index in [0.717, 1.165) is 15.8 Å². The van der Waals surface area contributed by atoms with Gasteiger partial charge in [-0.2, -0.15) is 10.2 Å². The van der Waals surface area contributed by atoms with Crippen LogP contribution in [0.3, 0.4) is 0 Å². The molecule has 0 bridgehead atoms. The Kier molecular flexibility index (Phi) is 6.31. The SMILES string of the molecule is CC(C)c1ccc(-c2ccc(Oc3cc(C(=O)O)ccc3C(=O)n3ccccc3=O)cc2)nn1. The summed E-state index contributed by atoms with van der Waals surface area (Å²) >= 11 is 0. The average Bonchev–Trinajstić information content (AvgIpc) is 2.84. The van der Waals surface area contributed by atoms with Crippen molar-refractivity contribution in [1.82, 2.24) is 14.8 Å². The zero-order valence-corrected chi connectivity index (χ0v) is 18.5. The number of carboxylic acids is 1. The van der Waals surface area contributed by atoms with Crippen molar-refractivity contribution < 1.29 is 19.4 Å². The monoisotopic (exact) mass is 455 g/mol. The second-order valence-corrected chi connectivity index (χ2v) is 7.85. The average molecular weight is 455 g/mol. The lowest BCUT2D eigenvalue weighted by atomic mass is 10.1. The predicted molar refractivity (Wildman–Crippen MR) is 125 cm³/mol. The first-order valence-electron chi connectivity index (χ1n) is 10.5. The Morgan fingerprint density at radius 3 is 2.32 bits per heavy atom. The van der Waals surface area contributed by atoms with Gasteiger partial charge in [-0.3, -0.25) is 9.59 Å². The van der Waals surface area contributed by atoms with Gasteiger partial charge in [0.15, 0.2) is 0 Å². The number of nitrogens with zero attached hydrogens (tertiary/aromatic N) is 3. The minimum absolute atomic E-state index is 0.0227. The van der Waals surface area contributed by atoms with Gasteiger partial charge in [-0.1, -0.05) is 19.9 Å². The van der Waals surface area contributed by atoms with Gasteiger partial charge in [-0.05, 0) is 66.6 Å². The van der Waals surface area contributed by atoms with Gasteiger partial charge in [-0.15, -0.1) is 0 Å². The topological polar surface area (TPSA) is 111 Å². The molecule has 0 radical (unpaired) electrons. The van der Waals surface area contributed by atoms with Crippen molar-refractivity contribution >= 4 is 11.9 Å². The Hall–Kier alpha value is -4.59. The standard InChI is InChI=1S/C26H21N3O5/c1-16(2)21-12-13-22(28-27-21)17-6-9-19(10-7-17)34-23-15-18(26(32)33)8-11-20(23)25(31)29-14-4-3-5-24(29)30/h3-16H,1-2H3,(H,32,33). The molecule has 4 aromatic rings. The minimum Gasteiger partial charge on any atom is -0.478 e. The molecule has 34 heavy (non-hydrogen) atoms. The largest absolute Gasteiger partial charge is 0.478 e. The van der Waals surface area contributed by atoms with E-state index in [4.69, 9.17) is 4.74 Å². The van der Waals surface area contributed by atoms with Crippen molar-refractivity contribution in [2.75, 3.05) is 0 Å². The van der Waals surface area contributed by atoms with Crippen LogP contribution in [0.2, 0.25) is 0 Å². The molecule has 0 amide bonds. The van der Waals surface area contributed by atoms with Crippen LogP contribution in [0.15, 0.2) is 83.8 Å². The molecule has 0 aliphatic carbocycles. The number of carbonyl (C=O) groups excluding carboxylic acids is 1. The Morgan fingerprint density at radius 1 is 0.941 bits per heavy atom. The first-order valence-corrected chi connectivity index (χ1v) is 10.5. The maximum absolute atomic E-state index is 13.0. The normalized spacial score (nSPS) is 10.8. The molecule has 0 fully saturated rings. The van der Waals surface area contributed by atoms with Crippen LogP contribution in [-0.4, -0.2) is 31.7 Å². The molecule has 0 unspecified atom stereocenters. The third-order valence-electron chi connectivity index (χ3n) is 5.15. The molecule has 0 saturated carbocycles. The van der Waals surface area contributed by atoms with Gasteiger partial charge in [-0.25, -0.2) is 9.36 Å². The highest BCUT2D eigenvalue weighted by Crippen LogP contribution is 2.29. The lowest BCUT2D eigenvalue weighted by molar-refractivity contribution is 0.0695. The van der Waals surface area contributed by atoms with E-state index in [0.29, 0.717) is 11.4 Å². The third kappa shape index (κ3) is 4.75. The van der Waals surface area contributed by atoms with Crippen LogP contribution in [-0.2, 0) is 0 Å². The highest BCUT2D eigenvalue weighted by Gasteiger charge is 2.19. The summed E-state index contributed by atoms with van der Waals surface area (Å²) in [7, 11) is 0. The summed E-state index contributed by atoms with van der Waals surface area (Å²) < 4.78 is 6.82. The number of pyridine rings is 1. The van der Waals surface area contributed by atoms with Gasteiger partial charge in [0.2, 0.25) is 0 Å². The summed E-state index contributed by atoms with van der Waals surface area (Å²) in [5.41, 5.74) is 1.91. The Bertz CT molecular complexity index is 1410. The van der Waals surface area contributed by atoms with Gasteiger partial charge < -0.3 is 9.84 Å². The van der Waals surface area contributed by atoms with Crippen LogP contribution < -0.4 is 10.3 Å². The van der Waals surface area contributed by atoms with Crippen molar-refractivity contribution in [1.29, 1.82) is 0 Å². The fourth-order valence-electron chi connectivity index (χ4n) is 3.27. The molecule has 0 atom stereocenters. The quantitative estimate of drug-likeness (QED) is 0.452. The first-order chi connectivity index (χ1) is 16.3. The summed E-state index contributed by atoms with van der Waals surface area (Å²) in [6.07, 6.45) is 1.35. The number of ether oxygens (including phenoxy) is 1. The van der Waals surface area contributed by atoms with Crippen molar-refractivity contribution in [3.8, 4) is 22.8 Å². The molecule has 2 aromatic carbocycles. The van der Waals surface area contributed by atoms with Gasteiger partial charge in [0.25, 0.3) is 11.5 Å². The zero-order valence-electron chi connectivity index (χ0n) is 18.5. The van der Waals surface area contributed by atoms with Crippen LogP contribution in [0, 0.1) is 0 Å². The molecule has 170 valence electrons.